The number of aliphatic hydroxyl groups excluding tert-OH is 1. The maximum Gasteiger partial charge on any atom is 0.252 e. The first-order valence-electron chi connectivity index (χ1n) is 5.77. The molecule has 0 spiro atoms. The number of hydrogen-bond acceptors (Lipinski definition) is 5. The van der Waals surface area contributed by atoms with E-state index < -0.39 is 5.91 Å². The second-order valence-corrected chi connectivity index (χ2v) is 3.87. The Kier molecular flexibility index (Phi) is 4.04. The molecule has 1 amide bonds. The molecular formula is C13H14N4O2. The van der Waals surface area contributed by atoms with Crippen molar-refractivity contribution in [2.45, 2.75) is 0 Å². The van der Waals surface area contributed by atoms with Crippen LogP contribution in [0.25, 0.3) is 11.1 Å². The molecule has 2 aromatic heterocycles. The van der Waals surface area contributed by atoms with Crippen LogP contribution in [0.4, 0.5) is 5.82 Å². The fourth-order valence-electron chi connectivity index (χ4n) is 1.67. The van der Waals surface area contributed by atoms with Gasteiger partial charge in [-0.1, -0.05) is 0 Å². The highest BCUT2D eigenvalue weighted by Crippen LogP contribution is 2.22. The van der Waals surface area contributed by atoms with E-state index >= 15 is 0 Å². The van der Waals surface area contributed by atoms with Gasteiger partial charge in [-0.25, -0.2) is 4.98 Å². The van der Waals surface area contributed by atoms with E-state index in [0.717, 1.165) is 11.1 Å². The molecule has 0 aliphatic heterocycles. The summed E-state index contributed by atoms with van der Waals surface area (Å²) in [5.74, 6) is -0.191. The Balaban J connectivity index is 2.39. The van der Waals surface area contributed by atoms with Gasteiger partial charge in [0.1, 0.15) is 5.82 Å². The van der Waals surface area contributed by atoms with Crippen molar-refractivity contribution >= 4 is 11.7 Å². The molecule has 6 heteroatoms. The van der Waals surface area contributed by atoms with Crippen LogP contribution in [-0.4, -0.2) is 34.1 Å². The lowest BCUT2D eigenvalue weighted by molar-refractivity contribution is 0.100. The highest BCUT2D eigenvalue weighted by Gasteiger charge is 2.11. The summed E-state index contributed by atoms with van der Waals surface area (Å²) in [5.41, 5.74) is 7.32. The fraction of sp³-hybridized carbons (Fsp3) is 0.154. The maximum atomic E-state index is 11.4. The van der Waals surface area contributed by atoms with Gasteiger partial charge in [0, 0.05) is 30.7 Å². The molecule has 0 atom stereocenters. The molecule has 98 valence electrons. The number of rotatable bonds is 5. The average Bonchev–Trinajstić information content (AvgIpc) is 2.45. The highest BCUT2D eigenvalue weighted by atomic mass is 16.3. The molecule has 0 saturated heterocycles. The van der Waals surface area contributed by atoms with E-state index in [1.807, 2.05) is 12.1 Å². The molecule has 0 aliphatic rings. The number of nitrogens with two attached hydrogens (primary N) is 1. The van der Waals surface area contributed by atoms with Gasteiger partial charge in [-0.15, -0.1) is 0 Å². The number of primary amides is 1. The smallest absolute Gasteiger partial charge is 0.252 e. The molecule has 0 aromatic carbocycles. The predicted octanol–water partition coefficient (Wildman–Crippen LogP) is 0.647. The zero-order valence-electron chi connectivity index (χ0n) is 10.2. The van der Waals surface area contributed by atoms with Gasteiger partial charge < -0.3 is 16.2 Å². The zero-order valence-corrected chi connectivity index (χ0v) is 10.2. The zero-order chi connectivity index (χ0) is 13.7. The summed E-state index contributed by atoms with van der Waals surface area (Å²) < 4.78 is 0. The monoisotopic (exact) mass is 258 g/mol. The number of nitrogens with zero attached hydrogens (tertiary/aromatic N) is 2. The van der Waals surface area contributed by atoms with Crippen molar-refractivity contribution in [1.82, 2.24) is 9.97 Å². The Labute approximate surface area is 110 Å². The molecule has 0 aliphatic carbocycles. The third kappa shape index (κ3) is 3.05. The van der Waals surface area contributed by atoms with Crippen molar-refractivity contribution in [1.29, 1.82) is 0 Å². The molecule has 0 fully saturated rings. The number of aliphatic hydroxyl groups is 1. The first kappa shape index (κ1) is 13.0. The average molecular weight is 258 g/mol. The minimum atomic E-state index is -0.566. The van der Waals surface area contributed by atoms with Gasteiger partial charge in [0.25, 0.3) is 5.91 Å². The lowest BCUT2D eigenvalue weighted by Crippen LogP contribution is -2.17. The SMILES string of the molecule is NC(=O)c1cc(-c2ccncc2)cnc1NCCO. The summed E-state index contributed by atoms with van der Waals surface area (Å²) in [7, 11) is 0. The molecule has 19 heavy (non-hydrogen) atoms. The second-order valence-electron chi connectivity index (χ2n) is 3.87. The van der Waals surface area contributed by atoms with E-state index in [-0.39, 0.29) is 6.61 Å². The van der Waals surface area contributed by atoms with Gasteiger partial charge in [0.15, 0.2) is 0 Å². The van der Waals surface area contributed by atoms with E-state index in [0.29, 0.717) is 17.9 Å². The minimum absolute atomic E-state index is 0.0496. The molecule has 2 rings (SSSR count). The molecule has 0 radical (unpaired) electrons. The second kappa shape index (κ2) is 5.92. The molecule has 2 aromatic rings. The minimum Gasteiger partial charge on any atom is -0.395 e. The number of aromatic nitrogens is 2. The quantitative estimate of drug-likeness (QED) is 0.730. The van der Waals surface area contributed by atoms with E-state index in [4.69, 9.17) is 10.8 Å². The summed E-state index contributed by atoms with van der Waals surface area (Å²) in [6.45, 7) is 0.258. The van der Waals surface area contributed by atoms with Crippen LogP contribution in [0.15, 0.2) is 36.8 Å². The van der Waals surface area contributed by atoms with Crippen LogP contribution in [0, 0.1) is 0 Å². The molecular weight excluding hydrogens is 244 g/mol. The summed E-state index contributed by atoms with van der Waals surface area (Å²) in [6, 6.07) is 5.32. The third-order valence-corrected chi connectivity index (χ3v) is 2.57. The van der Waals surface area contributed by atoms with E-state index in [9.17, 15) is 4.79 Å². The van der Waals surface area contributed by atoms with E-state index in [2.05, 4.69) is 15.3 Å². The van der Waals surface area contributed by atoms with Gasteiger partial charge in [0.05, 0.1) is 12.2 Å². The Morgan fingerprint density at radius 3 is 2.68 bits per heavy atom. The number of anilines is 1. The molecule has 0 unspecified atom stereocenters. The van der Waals surface area contributed by atoms with Gasteiger partial charge in [-0.3, -0.25) is 9.78 Å². The summed E-state index contributed by atoms with van der Waals surface area (Å²) in [4.78, 5) is 19.5. The number of nitrogens with one attached hydrogen (secondary N) is 1. The number of pyridine rings is 2. The molecule has 2 heterocycles. The Morgan fingerprint density at radius 1 is 1.32 bits per heavy atom. The van der Waals surface area contributed by atoms with Crippen LogP contribution in [0.5, 0.6) is 0 Å². The van der Waals surface area contributed by atoms with Gasteiger partial charge in [-0.05, 0) is 23.8 Å². The molecule has 6 nitrogen and oxygen atoms in total. The largest absolute Gasteiger partial charge is 0.395 e. The van der Waals surface area contributed by atoms with Crippen molar-refractivity contribution in [2.24, 2.45) is 5.73 Å². The summed E-state index contributed by atoms with van der Waals surface area (Å²) in [6.07, 6.45) is 4.97. The molecule has 0 bridgehead atoms. The summed E-state index contributed by atoms with van der Waals surface area (Å²) in [5, 5.41) is 11.6. The summed E-state index contributed by atoms with van der Waals surface area (Å²) >= 11 is 0. The highest BCUT2D eigenvalue weighted by molar-refractivity contribution is 5.98. The normalized spacial score (nSPS) is 10.2. The number of amides is 1. The first-order valence-corrected chi connectivity index (χ1v) is 5.77. The number of carbonyl (C=O) groups excluding carboxylic acids is 1. The van der Waals surface area contributed by atoms with Gasteiger partial charge in [0.2, 0.25) is 0 Å². The Hall–Kier alpha value is -2.47. The standard InChI is InChI=1S/C13H14N4O2/c14-12(19)11-7-10(9-1-3-15-4-2-9)8-17-13(11)16-5-6-18/h1-4,7-8,18H,5-6H2,(H2,14,19)(H,16,17). The van der Waals surface area contributed by atoms with Crippen molar-refractivity contribution in [3.63, 3.8) is 0 Å². The molecule has 0 saturated carbocycles. The van der Waals surface area contributed by atoms with Crippen molar-refractivity contribution in [3.05, 3.63) is 42.4 Å². The Morgan fingerprint density at radius 2 is 2.05 bits per heavy atom. The Bertz CT molecular complexity index is 572. The lowest BCUT2D eigenvalue weighted by atomic mass is 10.1. The first-order chi connectivity index (χ1) is 9.22. The number of carbonyl (C=O) groups is 1. The van der Waals surface area contributed by atoms with Crippen molar-refractivity contribution in [2.75, 3.05) is 18.5 Å². The maximum absolute atomic E-state index is 11.4. The number of hydrogen-bond donors (Lipinski definition) is 3. The van der Waals surface area contributed by atoms with Crippen LogP contribution in [0.2, 0.25) is 0 Å². The van der Waals surface area contributed by atoms with Crippen molar-refractivity contribution in [3.8, 4) is 11.1 Å². The lowest BCUT2D eigenvalue weighted by Gasteiger charge is -2.09. The van der Waals surface area contributed by atoms with Crippen LogP contribution < -0.4 is 11.1 Å². The third-order valence-electron chi connectivity index (χ3n) is 2.57. The molecule has 4 N–H and O–H groups in total. The topological polar surface area (TPSA) is 101 Å². The van der Waals surface area contributed by atoms with E-state index in [1.165, 1.54) is 0 Å². The predicted molar refractivity (Wildman–Crippen MR) is 71.6 cm³/mol. The van der Waals surface area contributed by atoms with Crippen LogP contribution in [-0.2, 0) is 0 Å². The van der Waals surface area contributed by atoms with Crippen LogP contribution in [0.1, 0.15) is 10.4 Å². The fourth-order valence-corrected chi connectivity index (χ4v) is 1.67. The van der Waals surface area contributed by atoms with Crippen LogP contribution >= 0.6 is 0 Å². The van der Waals surface area contributed by atoms with Gasteiger partial charge >= 0.3 is 0 Å². The van der Waals surface area contributed by atoms with Gasteiger partial charge in [-0.2, -0.15) is 0 Å². The van der Waals surface area contributed by atoms with Crippen LogP contribution in [0.3, 0.4) is 0 Å². The van der Waals surface area contributed by atoms with E-state index in [1.54, 1.807) is 24.7 Å². The van der Waals surface area contributed by atoms with Crippen molar-refractivity contribution < 1.29 is 9.90 Å².